The molecule has 3 aromatic rings. The van der Waals surface area contributed by atoms with Gasteiger partial charge in [0.25, 0.3) is 0 Å². The fraction of sp³-hybridized carbons (Fsp3) is 0.174. The number of guanidine groups is 1. The predicted octanol–water partition coefficient (Wildman–Crippen LogP) is 4.16. The van der Waals surface area contributed by atoms with Crippen LogP contribution in [0, 0.1) is 0 Å². The quantitative estimate of drug-likeness (QED) is 0.524. The molecule has 31 heavy (non-hydrogen) atoms. The van der Waals surface area contributed by atoms with Gasteiger partial charge in [0.2, 0.25) is 0 Å². The summed E-state index contributed by atoms with van der Waals surface area (Å²) in [5.41, 5.74) is 8.53. The van der Waals surface area contributed by atoms with E-state index in [2.05, 4.69) is 16.6 Å². The van der Waals surface area contributed by atoms with Crippen LogP contribution in [-0.4, -0.2) is 26.5 Å². The van der Waals surface area contributed by atoms with Crippen LogP contribution in [0.1, 0.15) is 18.9 Å². The van der Waals surface area contributed by atoms with Crippen LogP contribution in [0.15, 0.2) is 92.5 Å². The molecule has 0 fully saturated rings. The van der Waals surface area contributed by atoms with Crippen LogP contribution in [0.5, 0.6) is 0 Å². The van der Waals surface area contributed by atoms with E-state index < -0.39 is 22.5 Å². The maximum Gasteiger partial charge on any atom is 0.196 e. The van der Waals surface area contributed by atoms with Crippen molar-refractivity contribution < 1.29 is 9.11 Å². The molecule has 2 atom stereocenters. The van der Waals surface area contributed by atoms with E-state index >= 15 is 0 Å². The standard InChI is InChI=1S/C23H24N4O2S2/c1-2-13-27-16-17-14-21(11-12-22(17)25-23(27)24)30(28)20-10-6-7-18(15-20)26-31(29)19-8-4-3-5-9-19/h3-12,14-15,26H,2,13,16H2,1H3,(H2,24,25). The highest BCUT2D eigenvalue weighted by molar-refractivity contribution is 7.92. The second kappa shape index (κ2) is 9.65. The lowest BCUT2D eigenvalue weighted by atomic mass is 10.1. The van der Waals surface area contributed by atoms with Crippen LogP contribution in [0.3, 0.4) is 0 Å². The Hall–Kier alpha value is -2.65. The highest BCUT2D eigenvalue weighted by Crippen LogP contribution is 2.31. The lowest BCUT2D eigenvalue weighted by molar-refractivity contribution is 0.401. The van der Waals surface area contributed by atoms with Crippen LogP contribution in [0.2, 0.25) is 0 Å². The minimum Gasteiger partial charge on any atom is -0.606 e. The molecule has 160 valence electrons. The van der Waals surface area contributed by atoms with E-state index in [1.807, 2.05) is 59.5 Å². The second-order valence-electron chi connectivity index (χ2n) is 7.16. The molecule has 8 heteroatoms. The molecule has 3 N–H and O–H groups in total. The molecule has 2 unspecified atom stereocenters. The minimum absolute atomic E-state index is 0.522. The third-order valence-corrected chi connectivity index (χ3v) is 7.38. The zero-order chi connectivity index (χ0) is 21.8. The van der Waals surface area contributed by atoms with Crippen molar-refractivity contribution in [2.24, 2.45) is 10.7 Å². The van der Waals surface area contributed by atoms with Crippen molar-refractivity contribution in [3.05, 3.63) is 78.4 Å². The van der Waals surface area contributed by atoms with E-state index in [1.165, 1.54) is 0 Å². The van der Waals surface area contributed by atoms with Gasteiger partial charge < -0.3 is 19.7 Å². The number of fused-ring (bicyclic) bond motifs is 1. The largest absolute Gasteiger partial charge is 0.606 e. The van der Waals surface area contributed by atoms with Crippen molar-refractivity contribution >= 4 is 39.9 Å². The van der Waals surface area contributed by atoms with E-state index in [0.717, 1.165) is 24.2 Å². The van der Waals surface area contributed by atoms with Crippen LogP contribution < -0.4 is 10.5 Å². The molecule has 4 rings (SSSR count). The van der Waals surface area contributed by atoms with Crippen molar-refractivity contribution in [2.45, 2.75) is 34.6 Å². The topological polar surface area (TPSA) is 99.8 Å². The summed E-state index contributed by atoms with van der Waals surface area (Å²) < 4.78 is 28.8. The molecule has 1 heterocycles. The first-order valence-corrected chi connectivity index (χ1v) is 12.3. The Morgan fingerprint density at radius 3 is 2.48 bits per heavy atom. The summed E-state index contributed by atoms with van der Waals surface area (Å²) in [4.78, 5) is 8.52. The highest BCUT2D eigenvalue weighted by atomic mass is 32.2. The molecule has 6 nitrogen and oxygen atoms in total. The van der Waals surface area contributed by atoms with E-state index in [9.17, 15) is 9.11 Å². The number of nitrogens with two attached hydrogens (primary N) is 1. The first kappa shape index (κ1) is 21.6. The smallest absolute Gasteiger partial charge is 0.196 e. The number of anilines is 1. The number of hydrogen-bond acceptors (Lipinski definition) is 6. The summed E-state index contributed by atoms with van der Waals surface area (Å²) in [7, 11) is 0. The lowest BCUT2D eigenvalue weighted by Crippen LogP contribution is -2.39. The molecular weight excluding hydrogens is 428 g/mol. The normalized spacial score (nSPS) is 15.1. The number of nitrogens with zero attached hydrogens (tertiary/aromatic N) is 2. The Morgan fingerprint density at radius 2 is 1.71 bits per heavy atom. The predicted molar refractivity (Wildman–Crippen MR) is 126 cm³/mol. The summed E-state index contributed by atoms with van der Waals surface area (Å²) in [6.07, 6.45) is 0.974. The average Bonchev–Trinajstić information content (AvgIpc) is 2.80. The maximum absolute atomic E-state index is 13.2. The van der Waals surface area contributed by atoms with Crippen LogP contribution in [0.4, 0.5) is 11.4 Å². The van der Waals surface area contributed by atoms with Crippen molar-refractivity contribution in [2.75, 3.05) is 11.3 Å². The van der Waals surface area contributed by atoms with Crippen molar-refractivity contribution in [1.82, 2.24) is 4.90 Å². The third kappa shape index (κ3) is 4.99. The fourth-order valence-electron chi connectivity index (χ4n) is 3.38. The summed E-state index contributed by atoms with van der Waals surface area (Å²) >= 11 is -2.77. The number of hydrogen-bond donors (Lipinski definition) is 2. The van der Waals surface area contributed by atoms with E-state index in [1.54, 1.807) is 18.2 Å². The van der Waals surface area contributed by atoms with Gasteiger partial charge in [-0.05, 0) is 42.8 Å². The Morgan fingerprint density at radius 1 is 0.968 bits per heavy atom. The van der Waals surface area contributed by atoms with Gasteiger partial charge in [0.15, 0.2) is 20.6 Å². The first-order valence-electron chi connectivity index (χ1n) is 10.0. The zero-order valence-corrected chi connectivity index (χ0v) is 18.8. The van der Waals surface area contributed by atoms with Gasteiger partial charge in [-0.2, -0.15) is 0 Å². The molecule has 1 aliphatic heterocycles. The summed E-state index contributed by atoms with van der Waals surface area (Å²) in [5.74, 6) is 0.522. The minimum atomic E-state index is -1.39. The molecule has 1 aliphatic rings. The number of aliphatic imine (C=N–C) groups is 1. The Kier molecular flexibility index (Phi) is 6.72. The molecule has 3 aromatic carbocycles. The van der Waals surface area contributed by atoms with Gasteiger partial charge in [0.05, 0.1) is 11.4 Å². The van der Waals surface area contributed by atoms with Crippen LogP contribution in [-0.2, 0) is 29.1 Å². The van der Waals surface area contributed by atoms with Crippen molar-refractivity contribution in [3.63, 3.8) is 0 Å². The van der Waals surface area contributed by atoms with Gasteiger partial charge in [0, 0.05) is 42.0 Å². The fourth-order valence-corrected chi connectivity index (χ4v) is 5.39. The Balaban J connectivity index is 1.53. The SMILES string of the molecule is CCCN1Cc2cc([S+]([O-])c3cccc(N[S+]([O-])c4ccccc4)c3)ccc2N=C1N. The van der Waals surface area contributed by atoms with Gasteiger partial charge in [0.1, 0.15) is 11.4 Å². The molecule has 0 aliphatic carbocycles. The summed E-state index contributed by atoms with van der Waals surface area (Å²) in [6.45, 7) is 3.58. The maximum atomic E-state index is 13.2. The number of rotatable bonds is 7. The molecular formula is C23H24N4O2S2. The van der Waals surface area contributed by atoms with Gasteiger partial charge in [-0.1, -0.05) is 31.2 Å². The molecule has 0 bridgehead atoms. The lowest BCUT2D eigenvalue weighted by Gasteiger charge is -2.28. The van der Waals surface area contributed by atoms with Crippen LogP contribution >= 0.6 is 0 Å². The second-order valence-corrected chi connectivity index (χ2v) is 9.86. The molecule has 0 spiro atoms. The van der Waals surface area contributed by atoms with Gasteiger partial charge in [-0.15, -0.1) is 0 Å². The molecule has 0 saturated heterocycles. The van der Waals surface area contributed by atoms with Gasteiger partial charge >= 0.3 is 0 Å². The van der Waals surface area contributed by atoms with Crippen molar-refractivity contribution in [1.29, 1.82) is 0 Å². The summed E-state index contributed by atoms with van der Waals surface area (Å²) in [6, 6.07) is 22.0. The molecule has 0 saturated carbocycles. The van der Waals surface area contributed by atoms with E-state index in [4.69, 9.17) is 5.73 Å². The third-order valence-electron chi connectivity index (χ3n) is 4.89. The molecule has 0 amide bonds. The van der Waals surface area contributed by atoms with E-state index in [-0.39, 0.29) is 0 Å². The van der Waals surface area contributed by atoms with Crippen molar-refractivity contribution in [3.8, 4) is 0 Å². The van der Waals surface area contributed by atoms with Gasteiger partial charge in [-0.25, -0.2) is 9.71 Å². The van der Waals surface area contributed by atoms with E-state index in [0.29, 0.717) is 32.9 Å². The summed E-state index contributed by atoms with van der Waals surface area (Å²) in [5, 5.41) is 0. The van der Waals surface area contributed by atoms with Crippen LogP contribution in [0.25, 0.3) is 0 Å². The van der Waals surface area contributed by atoms with Gasteiger partial charge in [-0.3, -0.25) is 0 Å². The number of nitrogens with one attached hydrogen (secondary N) is 1. The molecule has 0 aromatic heterocycles. The highest BCUT2D eigenvalue weighted by Gasteiger charge is 2.22. The Bertz CT molecular complexity index is 1080. The first-order chi connectivity index (χ1) is 15.0. The Labute approximate surface area is 188 Å². The monoisotopic (exact) mass is 452 g/mol. The average molecular weight is 453 g/mol. The molecule has 0 radical (unpaired) electrons. The number of benzene rings is 3. The zero-order valence-electron chi connectivity index (χ0n) is 17.2.